The minimum absolute atomic E-state index is 0.0250. The normalized spacial score (nSPS) is 15.2. The van der Waals surface area contributed by atoms with Crippen LogP contribution in [0.5, 0.6) is 0 Å². The van der Waals surface area contributed by atoms with Gasteiger partial charge in [0.25, 0.3) is 23.6 Å². The fraction of sp³-hybridized carbons (Fsp3) is 0.150. The number of fused-ring (bicyclic) bond motifs is 2. The predicted octanol–water partition coefficient (Wildman–Crippen LogP) is 2.24. The van der Waals surface area contributed by atoms with Crippen LogP contribution in [0.3, 0.4) is 0 Å². The second-order valence-electron chi connectivity index (χ2n) is 6.27. The third kappa shape index (κ3) is 2.50. The summed E-state index contributed by atoms with van der Waals surface area (Å²) < 4.78 is 4.75. The molecule has 2 heterocycles. The van der Waals surface area contributed by atoms with Gasteiger partial charge in [-0.2, -0.15) is 4.90 Å². The van der Waals surface area contributed by atoms with Crippen molar-refractivity contribution in [2.24, 2.45) is 0 Å². The number of hydrogen-bond acceptors (Lipinski definition) is 6. The summed E-state index contributed by atoms with van der Waals surface area (Å²) in [5.41, 5.74) is 1.25. The molecular weight excluding hydrogens is 364 g/mol. The van der Waals surface area contributed by atoms with Crippen LogP contribution in [0.15, 0.2) is 42.5 Å². The molecule has 0 radical (unpaired) electrons. The van der Waals surface area contributed by atoms with Crippen LogP contribution in [-0.4, -0.2) is 46.1 Å². The number of imide groups is 4. The first kappa shape index (κ1) is 17.6. The number of benzene rings is 2. The van der Waals surface area contributed by atoms with E-state index in [0.29, 0.717) is 21.6 Å². The molecule has 0 aliphatic carbocycles. The van der Waals surface area contributed by atoms with Gasteiger partial charge >= 0.3 is 6.09 Å². The Labute approximate surface area is 159 Å². The second-order valence-corrected chi connectivity index (χ2v) is 6.27. The van der Waals surface area contributed by atoms with Crippen molar-refractivity contribution in [2.75, 3.05) is 6.61 Å². The highest BCUT2D eigenvalue weighted by atomic mass is 16.6. The lowest BCUT2D eigenvalue weighted by molar-refractivity contribution is 0.0590. The lowest BCUT2D eigenvalue weighted by atomic mass is 10.1. The van der Waals surface area contributed by atoms with Crippen LogP contribution in [0.1, 0.15) is 53.9 Å². The van der Waals surface area contributed by atoms with E-state index in [1.165, 1.54) is 12.1 Å². The SMILES string of the molecule is CCOC(=O)N1C(=O)c2ccc(CN3C(=O)c4ccccc4C3=O)cc2C1=O. The zero-order chi connectivity index (χ0) is 20.0. The van der Waals surface area contributed by atoms with Crippen LogP contribution in [0.2, 0.25) is 0 Å². The minimum atomic E-state index is -1.03. The van der Waals surface area contributed by atoms with E-state index in [1.807, 2.05) is 0 Å². The first-order valence-electron chi connectivity index (χ1n) is 8.57. The number of ether oxygens (including phenoxy) is 1. The van der Waals surface area contributed by atoms with E-state index in [1.54, 1.807) is 37.3 Å². The van der Waals surface area contributed by atoms with Crippen molar-refractivity contribution in [3.8, 4) is 0 Å². The van der Waals surface area contributed by atoms with E-state index in [-0.39, 0.29) is 24.3 Å². The lowest BCUT2D eigenvalue weighted by Gasteiger charge is -2.14. The summed E-state index contributed by atoms with van der Waals surface area (Å²) in [7, 11) is 0. The third-order valence-corrected chi connectivity index (χ3v) is 4.62. The van der Waals surface area contributed by atoms with Crippen molar-refractivity contribution < 1.29 is 28.7 Å². The number of amides is 5. The summed E-state index contributed by atoms with van der Waals surface area (Å²) in [6, 6.07) is 10.9. The Kier molecular flexibility index (Phi) is 4.03. The van der Waals surface area contributed by atoms with Gasteiger partial charge in [-0.05, 0) is 36.8 Å². The number of hydrogen-bond donors (Lipinski definition) is 0. The van der Waals surface area contributed by atoms with E-state index < -0.39 is 29.7 Å². The molecule has 2 aromatic rings. The molecule has 0 fully saturated rings. The average molecular weight is 378 g/mol. The Bertz CT molecular complexity index is 1040. The highest BCUT2D eigenvalue weighted by Gasteiger charge is 2.41. The van der Waals surface area contributed by atoms with Gasteiger partial charge in [0.1, 0.15) is 0 Å². The van der Waals surface area contributed by atoms with Gasteiger partial charge in [0, 0.05) is 0 Å². The fourth-order valence-corrected chi connectivity index (χ4v) is 3.31. The molecule has 5 amide bonds. The number of rotatable bonds is 3. The molecule has 0 saturated heterocycles. The summed E-state index contributed by atoms with van der Waals surface area (Å²) in [4.78, 5) is 63.2. The standard InChI is InChI=1S/C20H14N2O6/c1-2-28-20(27)22-18(25)14-8-7-11(9-15(14)19(22)26)10-21-16(23)12-5-3-4-6-13(12)17(21)24/h3-9H,2,10H2,1H3. The fourth-order valence-electron chi connectivity index (χ4n) is 3.31. The van der Waals surface area contributed by atoms with Crippen molar-refractivity contribution in [3.05, 3.63) is 70.3 Å². The first-order chi connectivity index (χ1) is 13.4. The predicted molar refractivity (Wildman–Crippen MR) is 94.6 cm³/mol. The van der Waals surface area contributed by atoms with E-state index in [4.69, 9.17) is 4.74 Å². The van der Waals surface area contributed by atoms with Gasteiger partial charge in [-0.25, -0.2) is 4.79 Å². The summed E-state index contributed by atoms with van der Waals surface area (Å²) in [6.07, 6.45) is -1.03. The van der Waals surface area contributed by atoms with Gasteiger partial charge in [-0.3, -0.25) is 24.1 Å². The Morgan fingerprint density at radius 3 is 2.00 bits per heavy atom. The molecule has 0 spiro atoms. The van der Waals surface area contributed by atoms with Gasteiger partial charge in [-0.1, -0.05) is 18.2 Å². The van der Waals surface area contributed by atoms with Crippen LogP contribution >= 0.6 is 0 Å². The Morgan fingerprint density at radius 1 is 0.821 bits per heavy atom. The van der Waals surface area contributed by atoms with Gasteiger partial charge < -0.3 is 4.74 Å². The van der Waals surface area contributed by atoms with E-state index in [2.05, 4.69) is 0 Å². The zero-order valence-corrected chi connectivity index (χ0v) is 14.8. The highest BCUT2D eigenvalue weighted by Crippen LogP contribution is 2.28. The maximum atomic E-state index is 12.5. The van der Waals surface area contributed by atoms with Crippen molar-refractivity contribution >= 4 is 29.7 Å². The lowest BCUT2D eigenvalue weighted by Crippen LogP contribution is -2.36. The third-order valence-electron chi connectivity index (χ3n) is 4.62. The van der Waals surface area contributed by atoms with Gasteiger partial charge in [0.2, 0.25) is 0 Å². The van der Waals surface area contributed by atoms with Crippen LogP contribution in [0.4, 0.5) is 4.79 Å². The minimum Gasteiger partial charge on any atom is -0.449 e. The summed E-state index contributed by atoms with van der Waals surface area (Å²) in [6.45, 7) is 1.54. The van der Waals surface area contributed by atoms with E-state index in [9.17, 15) is 24.0 Å². The molecule has 140 valence electrons. The quantitative estimate of drug-likeness (QED) is 0.759. The van der Waals surface area contributed by atoms with Crippen LogP contribution in [-0.2, 0) is 11.3 Å². The number of carbonyl (C=O) groups is 5. The van der Waals surface area contributed by atoms with Gasteiger partial charge in [0.05, 0.1) is 35.4 Å². The molecule has 4 rings (SSSR count). The van der Waals surface area contributed by atoms with Crippen molar-refractivity contribution in [2.45, 2.75) is 13.5 Å². The zero-order valence-electron chi connectivity index (χ0n) is 14.8. The second kappa shape index (κ2) is 6.41. The van der Waals surface area contributed by atoms with Crippen LogP contribution in [0.25, 0.3) is 0 Å². The Balaban J connectivity index is 1.62. The smallest absolute Gasteiger partial charge is 0.424 e. The molecule has 0 aromatic heterocycles. The molecular formula is C20H14N2O6. The Hall–Kier alpha value is -3.81. The summed E-state index contributed by atoms with van der Waals surface area (Å²) in [5, 5.41) is 0. The molecule has 2 aliphatic heterocycles. The van der Waals surface area contributed by atoms with Crippen LogP contribution < -0.4 is 0 Å². The van der Waals surface area contributed by atoms with E-state index in [0.717, 1.165) is 4.90 Å². The molecule has 0 atom stereocenters. The number of nitrogens with zero attached hydrogens (tertiary/aromatic N) is 2. The molecule has 0 bridgehead atoms. The first-order valence-corrected chi connectivity index (χ1v) is 8.57. The van der Waals surface area contributed by atoms with E-state index >= 15 is 0 Å². The molecule has 2 aromatic carbocycles. The molecule has 0 N–H and O–H groups in total. The largest absolute Gasteiger partial charge is 0.449 e. The maximum absolute atomic E-state index is 12.5. The molecule has 8 nitrogen and oxygen atoms in total. The highest BCUT2D eigenvalue weighted by molar-refractivity contribution is 6.28. The summed E-state index contributed by atoms with van der Waals surface area (Å²) in [5.74, 6) is -2.39. The van der Waals surface area contributed by atoms with Gasteiger partial charge in [0.15, 0.2) is 0 Å². The molecule has 8 heteroatoms. The monoisotopic (exact) mass is 378 g/mol. The van der Waals surface area contributed by atoms with Gasteiger partial charge in [-0.15, -0.1) is 0 Å². The molecule has 0 unspecified atom stereocenters. The maximum Gasteiger partial charge on any atom is 0.424 e. The van der Waals surface area contributed by atoms with Crippen molar-refractivity contribution in [3.63, 3.8) is 0 Å². The molecule has 2 aliphatic rings. The van der Waals surface area contributed by atoms with Crippen LogP contribution in [0, 0.1) is 0 Å². The van der Waals surface area contributed by atoms with Crippen molar-refractivity contribution in [1.29, 1.82) is 0 Å². The summed E-state index contributed by atoms with van der Waals surface area (Å²) >= 11 is 0. The molecule has 28 heavy (non-hydrogen) atoms. The van der Waals surface area contributed by atoms with Crippen molar-refractivity contribution in [1.82, 2.24) is 9.80 Å². The topological polar surface area (TPSA) is 101 Å². The molecule has 0 saturated carbocycles. The number of carbonyl (C=O) groups excluding carboxylic acids is 5. The average Bonchev–Trinajstić information content (AvgIpc) is 3.08. The Morgan fingerprint density at radius 2 is 1.39 bits per heavy atom.